The molecule has 0 saturated heterocycles. The Balaban J connectivity index is 2.55. The summed E-state index contributed by atoms with van der Waals surface area (Å²) in [5, 5.41) is 0.611. The van der Waals surface area contributed by atoms with E-state index in [9.17, 15) is 0 Å². The SMILES string of the molecule is COC(C)CSc1ccc(N)c(Cl)c1. The lowest BCUT2D eigenvalue weighted by molar-refractivity contribution is 0.138. The van der Waals surface area contributed by atoms with Gasteiger partial charge in [0.15, 0.2) is 0 Å². The van der Waals surface area contributed by atoms with E-state index in [1.807, 2.05) is 25.1 Å². The average Bonchev–Trinajstić information content (AvgIpc) is 2.19. The summed E-state index contributed by atoms with van der Waals surface area (Å²) < 4.78 is 5.15. The summed E-state index contributed by atoms with van der Waals surface area (Å²) in [6.07, 6.45) is 0.247. The number of hydrogen-bond donors (Lipinski definition) is 1. The summed E-state index contributed by atoms with van der Waals surface area (Å²) in [6, 6.07) is 5.67. The van der Waals surface area contributed by atoms with Gasteiger partial charge in [-0.3, -0.25) is 0 Å². The Labute approximate surface area is 93.8 Å². The van der Waals surface area contributed by atoms with Gasteiger partial charge in [-0.25, -0.2) is 0 Å². The molecule has 1 aromatic rings. The minimum atomic E-state index is 0.247. The highest BCUT2D eigenvalue weighted by Crippen LogP contribution is 2.26. The molecular formula is C10H14ClNOS. The molecule has 0 aliphatic heterocycles. The van der Waals surface area contributed by atoms with Crippen molar-refractivity contribution in [2.24, 2.45) is 0 Å². The van der Waals surface area contributed by atoms with Gasteiger partial charge in [-0.2, -0.15) is 0 Å². The first kappa shape index (κ1) is 11.7. The highest BCUT2D eigenvalue weighted by Gasteiger charge is 2.02. The van der Waals surface area contributed by atoms with Crippen molar-refractivity contribution in [1.29, 1.82) is 0 Å². The van der Waals surface area contributed by atoms with Crippen molar-refractivity contribution < 1.29 is 4.74 Å². The zero-order valence-electron chi connectivity index (χ0n) is 8.29. The first-order valence-corrected chi connectivity index (χ1v) is 5.70. The van der Waals surface area contributed by atoms with E-state index in [1.165, 1.54) is 0 Å². The highest BCUT2D eigenvalue weighted by atomic mass is 35.5. The van der Waals surface area contributed by atoms with Crippen molar-refractivity contribution in [3.63, 3.8) is 0 Å². The van der Waals surface area contributed by atoms with Crippen LogP contribution < -0.4 is 5.73 Å². The smallest absolute Gasteiger partial charge is 0.0646 e. The fourth-order valence-electron chi connectivity index (χ4n) is 0.879. The number of anilines is 1. The minimum Gasteiger partial charge on any atom is -0.398 e. The largest absolute Gasteiger partial charge is 0.398 e. The molecule has 2 nitrogen and oxygen atoms in total. The number of nitrogen functional groups attached to an aromatic ring is 1. The van der Waals surface area contributed by atoms with Gasteiger partial charge in [0, 0.05) is 17.8 Å². The van der Waals surface area contributed by atoms with Gasteiger partial charge in [-0.15, -0.1) is 11.8 Å². The molecule has 78 valence electrons. The number of methoxy groups -OCH3 is 1. The van der Waals surface area contributed by atoms with Crippen LogP contribution in [-0.4, -0.2) is 19.0 Å². The van der Waals surface area contributed by atoms with Crippen molar-refractivity contribution in [3.05, 3.63) is 23.2 Å². The van der Waals surface area contributed by atoms with Crippen LogP contribution in [0.5, 0.6) is 0 Å². The van der Waals surface area contributed by atoms with Gasteiger partial charge < -0.3 is 10.5 Å². The molecule has 0 fully saturated rings. The number of rotatable bonds is 4. The van der Waals surface area contributed by atoms with E-state index in [2.05, 4.69) is 0 Å². The van der Waals surface area contributed by atoms with Gasteiger partial charge in [-0.05, 0) is 25.1 Å². The van der Waals surface area contributed by atoms with Crippen LogP contribution in [0.4, 0.5) is 5.69 Å². The number of halogens is 1. The van der Waals surface area contributed by atoms with Gasteiger partial charge in [0.05, 0.1) is 16.8 Å². The van der Waals surface area contributed by atoms with Crippen molar-refractivity contribution in [1.82, 2.24) is 0 Å². The van der Waals surface area contributed by atoms with Crippen molar-refractivity contribution in [2.45, 2.75) is 17.9 Å². The summed E-state index contributed by atoms with van der Waals surface area (Å²) in [5.41, 5.74) is 6.23. The lowest BCUT2D eigenvalue weighted by Gasteiger charge is -2.09. The Hall–Kier alpha value is -0.380. The maximum atomic E-state index is 5.89. The van der Waals surface area contributed by atoms with Gasteiger partial charge in [0.1, 0.15) is 0 Å². The zero-order chi connectivity index (χ0) is 10.6. The number of nitrogens with two attached hydrogens (primary N) is 1. The maximum Gasteiger partial charge on any atom is 0.0646 e. The van der Waals surface area contributed by atoms with E-state index >= 15 is 0 Å². The Morgan fingerprint density at radius 3 is 2.86 bits per heavy atom. The molecule has 0 radical (unpaired) electrons. The zero-order valence-corrected chi connectivity index (χ0v) is 9.86. The molecule has 0 aliphatic carbocycles. The average molecular weight is 232 g/mol. The van der Waals surface area contributed by atoms with Crippen LogP contribution in [-0.2, 0) is 4.74 Å². The molecule has 0 saturated carbocycles. The Bertz CT molecular complexity index is 306. The van der Waals surface area contributed by atoms with Crippen molar-refractivity contribution in [3.8, 4) is 0 Å². The van der Waals surface area contributed by atoms with Crippen LogP contribution in [0, 0.1) is 0 Å². The number of hydrogen-bond acceptors (Lipinski definition) is 3. The third-order valence-corrected chi connectivity index (χ3v) is 3.41. The Morgan fingerprint density at radius 2 is 2.29 bits per heavy atom. The van der Waals surface area contributed by atoms with Crippen molar-refractivity contribution >= 4 is 29.1 Å². The van der Waals surface area contributed by atoms with E-state index in [-0.39, 0.29) is 6.10 Å². The molecule has 4 heteroatoms. The predicted octanol–water partition coefficient (Wildman–Crippen LogP) is 3.05. The van der Waals surface area contributed by atoms with Crippen LogP contribution in [0.1, 0.15) is 6.92 Å². The van der Waals surface area contributed by atoms with Gasteiger partial charge in [0.25, 0.3) is 0 Å². The molecule has 0 spiro atoms. The number of thioether (sulfide) groups is 1. The van der Waals surface area contributed by atoms with E-state index in [4.69, 9.17) is 22.1 Å². The standard InChI is InChI=1S/C10H14ClNOS/c1-7(13-2)6-14-8-3-4-10(12)9(11)5-8/h3-5,7H,6,12H2,1-2H3. The van der Waals surface area contributed by atoms with E-state index in [1.54, 1.807) is 18.9 Å². The molecule has 14 heavy (non-hydrogen) atoms. The Kier molecular flexibility index (Phi) is 4.58. The molecule has 1 atom stereocenters. The van der Waals surface area contributed by atoms with Crippen LogP contribution in [0.2, 0.25) is 5.02 Å². The van der Waals surface area contributed by atoms with Crippen LogP contribution in [0.3, 0.4) is 0 Å². The molecule has 1 rings (SSSR count). The predicted molar refractivity (Wildman–Crippen MR) is 63.1 cm³/mol. The molecule has 1 aromatic carbocycles. The molecule has 0 amide bonds. The lowest BCUT2D eigenvalue weighted by atomic mass is 10.3. The summed E-state index contributed by atoms with van der Waals surface area (Å²) in [4.78, 5) is 1.12. The minimum absolute atomic E-state index is 0.247. The first-order valence-electron chi connectivity index (χ1n) is 4.34. The second-order valence-corrected chi connectivity index (χ2v) is 4.54. The Morgan fingerprint density at radius 1 is 1.57 bits per heavy atom. The quantitative estimate of drug-likeness (QED) is 0.639. The van der Waals surface area contributed by atoms with Gasteiger partial charge >= 0.3 is 0 Å². The second kappa shape index (κ2) is 5.49. The first-order chi connectivity index (χ1) is 6.63. The molecular weight excluding hydrogens is 218 g/mol. The maximum absolute atomic E-state index is 5.89. The summed E-state index contributed by atoms with van der Waals surface area (Å²) >= 11 is 7.60. The fourth-order valence-corrected chi connectivity index (χ4v) is 2.05. The van der Waals surface area contributed by atoms with Crippen LogP contribution in [0.15, 0.2) is 23.1 Å². The summed E-state index contributed by atoms with van der Waals surface area (Å²) in [6.45, 7) is 2.03. The van der Waals surface area contributed by atoms with Crippen LogP contribution >= 0.6 is 23.4 Å². The monoisotopic (exact) mass is 231 g/mol. The molecule has 0 aromatic heterocycles. The van der Waals surface area contributed by atoms with Crippen LogP contribution in [0.25, 0.3) is 0 Å². The molecule has 0 aliphatic rings. The third-order valence-electron chi connectivity index (χ3n) is 1.86. The van der Waals surface area contributed by atoms with Crippen molar-refractivity contribution in [2.75, 3.05) is 18.6 Å². The van der Waals surface area contributed by atoms with E-state index in [0.717, 1.165) is 10.6 Å². The topological polar surface area (TPSA) is 35.2 Å². The number of ether oxygens (including phenoxy) is 1. The third kappa shape index (κ3) is 3.40. The molecule has 1 unspecified atom stereocenters. The summed E-state index contributed by atoms with van der Waals surface area (Å²) in [5.74, 6) is 0.913. The second-order valence-electron chi connectivity index (χ2n) is 3.04. The van der Waals surface area contributed by atoms with E-state index < -0.39 is 0 Å². The normalized spacial score (nSPS) is 12.8. The highest BCUT2D eigenvalue weighted by molar-refractivity contribution is 7.99. The molecule has 0 heterocycles. The number of benzene rings is 1. The van der Waals surface area contributed by atoms with E-state index in [0.29, 0.717) is 10.7 Å². The lowest BCUT2D eigenvalue weighted by Crippen LogP contribution is -2.07. The van der Waals surface area contributed by atoms with Gasteiger partial charge in [0.2, 0.25) is 0 Å². The fraction of sp³-hybridized carbons (Fsp3) is 0.400. The summed E-state index contributed by atoms with van der Waals surface area (Å²) in [7, 11) is 1.71. The molecule has 0 bridgehead atoms. The molecule has 2 N–H and O–H groups in total. The van der Waals surface area contributed by atoms with Gasteiger partial charge in [-0.1, -0.05) is 11.6 Å².